The number of anilines is 2. The lowest BCUT2D eigenvalue weighted by Crippen LogP contribution is -2.49. The normalized spacial score (nSPS) is 13.4. The monoisotopic (exact) mass is 527 g/mol. The van der Waals surface area contributed by atoms with Crippen LogP contribution in [-0.2, 0) is 6.42 Å². The lowest BCUT2D eigenvalue weighted by Gasteiger charge is -2.35. The summed E-state index contributed by atoms with van der Waals surface area (Å²) in [5.74, 6) is 2.83. The van der Waals surface area contributed by atoms with Crippen molar-refractivity contribution in [1.29, 1.82) is 0 Å². The van der Waals surface area contributed by atoms with Crippen molar-refractivity contribution in [3.8, 4) is 17.2 Å². The first-order valence-electron chi connectivity index (χ1n) is 13.1. The van der Waals surface area contributed by atoms with Gasteiger partial charge in [-0.05, 0) is 48.7 Å². The van der Waals surface area contributed by atoms with Gasteiger partial charge in [-0.15, -0.1) is 0 Å². The van der Waals surface area contributed by atoms with E-state index in [1.165, 1.54) is 5.56 Å². The Bertz CT molecular complexity index is 1420. The summed E-state index contributed by atoms with van der Waals surface area (Å²) in [6, 6.07) is 21.3. The summed E-state index contributed by atoms with van der Waals surface area (Å²) in [4.78, 5) is 26.2. The van der Waals surface area contributed by atoms with E-state index in [0.717, 1.165) is 18.6 Å². The van der Waals surface area contributed by atoms with Crippen molar-refractivity contribution in [2.45, 2.75) is 12.8 Å². The second-order valence-electron chi connectivity index (χ2n) is 9.37. The van der Waals surface area contributed by atoms with Crippen molar-refractivity contribution in [2.24, 2.45) is 0 Å². The van der Waals surface area contributed by atoms with E-state index >= 15 is 0 Å². The standard InChI is InChI=1S/C30H33N5O4/c1-37-26-19-24-25(20-27(26)38-2)32-30(33-28(24)31)35-16-14-34(15-17-35)29(36)22-10-12-23(13-11-22)39-18-6-9-21-7-4-3-5-8-21/h3-5,7-8,10-13,19-20H,6,9,14-18H2,1-2H3,(H2,31,32,33). The molecule has 0 radical (unpaired) electrons. The molecule has 39 heavy (non-hydrogen) atoms. The van der Waals surface area contributed by atoms with Crippen LogP contribution < -0.4 is 24.8 Å². The SMILES string of the molecule is COc1cc2nc(N3CCN(C(=O)c4ccc(OCCCc5ccccc5)cc4)CC3)nc(N)c2cc1OC. The Hall–Kier alpha value is -4.53. The number of amides is 1. The maximum absolute atomic E-state index is 13.1. The van der Waals surface area contributed by atoms with Crippen molar-refractivity contribution in [3.63, 3.8) is 0 Å². The highest BCUT2D eigenvalue weighted by molar-refractivity contribution is 5.94. The predicted molar refractivity (Wildman–Crippen MR) is 152 cm³/mol. The van der Waals surface area contributed by atoms with Crippen LogP contribution in [0, 0.1) is 0 Å². The Balaban J connectivity index is 1.16. The van der Waals surface area contributed by atoms with Crippen LogP contribution in [0.1, 0.15) is 22.3 Å². The Morgan fingerprint density at radius 3 is 2.28 bits per heavy atom. The number of carbonyl (C=O) groups excluding carboxylic acids is 1. The minimum atomic E-state index is 0.000975. The van der Waals surface area contributed by atoms with Gasteiger partial charge in [0.1, 0.15) is 11.6 Å². The van der Waals surface area contributed by atoms with Gasteiger partial charge < -0.3 is 29.7 Å². The topological polar surface area (TPSA) is 103 Å². The first-order valence-corrected chi connectivity index (χ1v) is 13.1. The van der Waals surface area contributed by atoms with Gasteiger partial charge in [0.15, 0.2) is 11.5 Å². The first kappa shape index (κ1) is 26.1. The fraction of sp³-hybridized carbons (Fsp3) is 0.300. The minimum Gasteiger partial charge on any atom is -0.494 e. The molecule has 4 aromatic rings. The van der Waals surface area contributed by atoms with E-state index in [1.54, 1.807) is 26.4 Å². The van der Waals surface area contributed by atoms with Crippen molar-refractivity contribution < 1.29 is 19.0 Å². The van der Waals surface area contributed by atoms with Gasteiger partial charge in [-0.3, -0.25) is 4.79 Å². The van der Waals surface area contributed by atoms with Gasteiger partial charge in [-0.1, -0.05) is 30.3 Å². The van der Waals surface area contributed by atoms with Crippen molar-refractivity contribution in [1.82, 2.24) is 14.9 Å². The highest BCUT2D eigenvalue weighted by Gasteiger charge is 2.24. The molecule has 1 amide bonds. The summed E-state index contributed by atoms with van der Waals surface area (Å²) < 4.78 is 16.6. The van der Waals surface area contributed by atoms with Gasteiger partial charge in [0.05, 0.1) is 26.3 Å². The lowest BCUT2D eigenvalue weighted by atomic mass is 10.1. The zero-order chi connectivity index (χ0) is 27.2. The van der Waals surface area contributed by atoms with E-state index < -0.39 is 0 Å². The van der Waals surface area contributed by atoms with Gasteiger partial charge in [-0.2, -0.15) is 4.98 Å². The second-order valence-corrected chi connectivity index (χ2v) is 9.37. The van der Waals surface area contributed by atoms with Gasteiger partial charge in [0, 0.05) is 43.2 Å². The maximum Gasteiger partial charge on any atom is 0.253 e. The van der Waals surface area contributed by atoms with E-state index in [0.29, 0.717) is 72.5 Å². The summed E-state index contributed by atoms with van der Waals surface area (Å²) in [6.07, 6.45) is 1.91. The van der Waals surface area contributed by atoms with E-state index in [4.69, 9.17) is 24.9 Å². The van der Waals surface area contributed by atoms with E-state index in [9.17, 15) is 4.79 Å². The number of hydrogen-bond acceptors (Lipinski definition) is 8. The number of ether oxygens (including phenoxy) is 3. The van der Waals surface area contributed by atoms with Crippen LogP contribution in [-0.4, -0.2) is 67.8 Å². The minimum absolute atomic E-state index is 0.000975. The number of aromatic nitrogens is 2. The quantitative estimate of drug-likeness (QED) is 0.323. The van der Waals surface area contributed by atoms with E-state index in [2.05, 4.69) is 17.1 Å². The zero-order valence-corrected chi connectivity index (χ0v) is 22.3. The van der Waals surface area contributed by atoms with Crippen LogP contribution in [0.2, 0.25) is 0 Å². The molecule has 9 heteroatoms. The molecule has 1 aliphatic heterocycles. The molecule has 1 fully saturated rings. The number of methoxy groups -OCH3 is 2. The largest absolute Gasteiger partial charge is 0.494 e. The summed E-state index contributed by atoms with van der Waals surface area (Å²) in [5.41, 5.74) is 8.89. The average Bonchev–Trinajstić information content (AvgIpc) is 2.99. The number of benzene rings is 3. The zero-order valence-electron chi connectivity index (χ0n) is 22.3. The van der Waals surface area contributed by atoms with Gasteiger partial charge >= 0.3 is 0 Å². The molecular formula is C30H33N5O4. The molecule has 2 heterocycles. The summed E-state index contributed by atoms with van der Waals surface area (Å²) in [6.45, 7) is 2.96. The number of carbonyl (C=O) groups is 1. The molecule has 0 bridgehead atoms. The van der Waals surface area contributed by atoms with Crippen LogP contribution in [0.3, 0.4) is 0 Å². The third kappa shape index (κ3) is 5.98. The van der Waals surface area contributed by atoms with Crippen molar-refractivity contribution >= 4 is 28.6 Å². The Morgan fingerprint density at radius 2 is 1.59 bits per heavy atom. The van der Waals surface area contributed by atoms with E-state index in [-0.39, 0.29) is 5.91 Å². The molecule has 0 aliphatic carbocycles. The fourth-order valence-corrected chi connectivity index (χ4v) is 4.70. The molecule has 202 valence electrons. The number of piperazine rings is 1. The van der Waals surface area contributed by atoms with Crippen LogP contribution in [0.4, 0.5) is 11.8 Å². The molecule has 2 N–H and O–H groups in total. The number of nitrogens with two attached hydrogens (primary N) is 1. The molecule has 9 nitrogen and oxygen atoms in total. The molecule has 0 atom stereocenters. The summed E-state index contributed by atoms with van der Waals surface area (Å²) in [7, 11) is 3.16. The van der Waals surface area contributed by atoms with E-state index in [1.807, 2.05) is 52.3 Å². The lowest BCUT2D eigenvalue weighted by molar-refractivity contribution is 0.0746. The molecule has 3 aromatic carbocycles. The molecule has 0 saturated carbocycles. The maximum atomic E-state index is 13.1. The summed E-state index contributed by atoms with van der Waals surface area (Å²) >= 11 is 0. The molecule has 0 spiro atoms. The number of hydrogen-bond donors (Lipinski definition) is 1. The van der Waals surface area contributed by atoms with Crippen LogP contribution in [0.15, 0.2) is 66.7 Å². The second kappa shape index (κ2) is 11.9. The Morgan fingerprint density at radius 1 is 0.897 bits per heavy atom. The van der Waals surface area contributed by atoms with Gasteiger partial charge in [-0.25, -0.2) is 4.98 Å². The smallest absolute Gasteiger partial charge is 0.253 e. The molecule has 1 aliphatic rings. The molecule has 0 unspecified atom stereocenters. The van der Waals surface area contributed by atoms with Crippen LogP contribution in [0.25, 0.3) is 10.9 Å². The molecule has 1 aromatic heterocycles. The first-order chi connectivity index (χ1) is 19.1. The van der Waals surface area contributed by atoms with Crippen LogP contribution >= 0.6 is 0 Å². The number of rotatable bonds is 9. The van der Waals surface area contributed by atoms with Crippen molar-refractivity contribution in [2.75, 3.05) is 57.6 Å². The number of nitrogen functional groups attached to an aromatic ring is 1. The highest BCUT2D eigenvalue weighted by atomic mass is 16.5. The fourth-order valence-electron chi connectivity index (χ4n) is 4.70. The van der Waals surface area contributed by atoms with Gasteiger partial charge in [0.25, 0.3) is 5.91 Å². The number of nitrogens with zero attached hydrogens (tertiary/aromatic N) is 4. The van der Waals surface area contributed by atoms with Crippen molar-refractivity contribution in [3.05, 3.63) is 77.9 Å². The Kier molecular flexibility index (Phi) is 7.96. The van der Waals surface area contributed by atoms with Gasteiger partial charge in [0.2, 0.25) is 5.95 Å². The molecule has 1 saturated heterocycles. The Labute approximate surface area is 228 Å². The third-order valence-corrected chi connectivity index (χ3v) is 6.89. The average molecular weight is 528 g/mol. The number of aryl methyl sites for hydroxylation is 1. The summed E-state index contributed by atoms with van der Waals surface area (Å²) in [5, 5.41) is 0.703. The highest BCUT2D eigenvalue weighted by Crippen LogP contribution is 2.34. The molecule has 5 rings (SSSR count). The predicted octanol–water partition coefficient (Wildman–Crippen LogP) is 4.20. The van der Waals surface area contributed by atoms with Crippen LogP contribution in [0.5, 0.6) is 17.2 Å². The molecular weight excluding hydrogens is 494 g/mol. The third-order valence-electron chi connectivity index (χ3n) is 6.89. The number of fused-ring (bicyclic) bond motifs is 1.